The summed E-state index contributed by atoms with van der Waals surface area (Å²) in [4.78, 5) is 12.9. The minimum absolute atomic E-state index is 0.00534. The topological polar surface area (TPSA) is 64.3 Å². The fraction of sp³-hybridized carbons (Fsp3) is 0.333. The summed E-state index contributed by atoms with van der Waals surface area (Å²) in [7, 11) is 0. The largest absolute Gasteiger partial charge is 0.481 e. The Bertz CT molecular complexity index is 997. The third-order valence-electron chi connectivity index (χ3n) is 5.53. The summed E-state index contributed by atoms with van der Waals surface area (Å²) in [5, 5.41) is 18.2. The van der Waals surface area contributed by atoms with E-state index in [9.17, 15) is 13.6 Å². The van der Waals surface area contributed by atoms with Gasteiger partial charge in [0, 0.05) is 19.0 Å². The number of aliphatic carboxylic acids is 1. The van der Waals surface area contributed by atoms with Gasteiger partial charge in [-0.25, -0.2) is 8.78 Å². The first-order valence-corrected chi connectivity index (χ1v) is 8.89. The number of nitriles is 1. The predicted octanol–water partition coefficient (Wildman–Crippen LogP) is 3.90. The molecule has 1 heterocycles. The number of nitrogens with zero attached hydrogens (tertiary/aromatic N) is 2. The van der Waals surface area contributed by atoms with Gasteiger partial charge >= 0.3 is 5.97 Å². The van der Waals surface area contributed by atoms with Crippen LogP contribution in [0.4, 0.5) is 14.5 Å². The summed E-state index contributed by atoms with van der Waals surface area (Å²) < 4.78 is 29.5. The number of halogens is 2. The van der Waals surface area contributed by atoms with Gasteiger partial charge in [0.2, 0.25) is 0 Å². The molecule has 27 heavy (non-hydrogen) atoms. The molecule has 0 aromatic heterocycles. The summed E-state index contributed by atoms with van der Waals surface area (Å²) in [6.07, 6.45) is 0.886. The van der Waals surface area contributed by atoms with E-state index in [0.717, 1.165) is 11.1 Å². The molecule has 0 saturated heterocycles. The fourth-order valence-electron chi connectivity index (χ4n) is 3.99. The molecular formula is C21H18F2N2O2. The van der Waals surface area contributed by atoms with E-state index >= 15 is 0 Å². The first-order chi connectivity index (χ1) is 12.9. The zero-order valence-electron chi connectivity index (χ0n) is 14.8. The van der Waals surface area contributed by atoms with E-state index in [4.69, 9.17) is 10.4 Å². The molecule has 0 amide bonds. The monoisotopic (exact) mass is 368 g/mol. The van der Waals surface area contributed by atoms with Gasteiger partial charge in [-0.05, 0) is 54.2 Å². The van der Waals surface area contributed by atoms with Crippen LogP contribution in [-0.4, -0.2) is 17.6 Å². The second-order valence-corrected chi connectivity index (χ2v) is 7.32. The van der Waals surface area contributed by atoms with Crippen molar-refractivity contribution in [3.63, 3.8) is 0 Å². The van der Waals surface area contributed by atoms with Crippen molar-refractivity contribution in [2.75, 3.05) is 11.4 Å². The molecule has 4 rings (SSSR count). The Labute approximate surface area is 155 Å². The summed E-state index contributed by atoms with van der Waals surface area (Å²) in [5.74, 6) is -2.50. The van der Waals surface area contributed by atoms with Crippen LogP contribution in [0.1, 0.15) is 40.2 Å². The molecule has 2 aromatic carbocycles. The number of rotatable bonds is 3. The second kappa shape index (κ2) is 6.34. The van der Waals surface area contributed by atoms with Crippen LogP contribution in [0.25, 0.3) is 0 Å². The third kappa shape index (κ3) is 2.93. The molecule has 1 N–H and O–H groups in total. The summed E-state index contributed by atoms with van der Waals surface area (Å²) in [6, 6.07) is 8.57. The van der Waals surface area contributed by atoms with Crippen molar-refractivity contribution < 1.29 is 18.7 Å². The van der Waals surface area contributed by atoms with E-state index in [1.165, 1.54) is 6.07 Å². The lowest BCUT2D eigenvalue weighted by atomic mass is 9.93. The number of aryl methyl sites for hydroxylation is 1. The zero-order chi connectivity index (χ0) is 19.3. The lowest BCUT2D eigenvalue weighted by molar-refractivity contribution is -0.138. The number of carboxylic acid groups (broad SMARTS) is 1. The highest BCUT2D eigenvalue weighted by Gasteiger charge is 2.46. The first-order valence-electron chi connectivity index (χ1n) is 8.89. The first kappa shape index (κ1) is 17.5. The minimum Gasteiger partial charge on any atom is -0.481 e. The SMILES string of the molecule is Cc1cc(C#N)c(F)c(N2CCc3c(ccc([C@H]4C[C@@H]4C(=O)O)c3F)C2)c1. The molecule has 2 aliphatic rings. The third-order valence-corrected chi connectivity index (χ3v) is 5.53. The molecule has 0 radical (unpaired) electrons. The number of carboxylic acids is 1. The molecule has 1 saturated carbocycles. The van der Waals surface area contributed by atoms with Crippen molar-refractivity contribution in [3.05, 3.63) is 63.7 Å². The van der Waals surface area contributed by atoms with E-state index in [1.807, 2.05) is 24.0 Å². The lowest BCUT2D eigenvalue weighted by Gasteiger charge is -2.32. The van der Waals surface area contributed by atoms with E-state index < -0.39 is 17.7 Å². The Kier molecular flexibility index (Phi) is 4.11. The molecule has 2 aromatic rings. The molecule has 1 fully saturated rings. The Morgan fingerprint density at radius 3 is 2.74 bits per heavy atom. The van der Waals surface area contributed by atoms with E-state index in [2.05, 4.69) is 0 Å². The van der Waals surface area contributed by atoms with Crippen LogP contribution < -0.4 is 4.90 Å². The summed E-state index contributed by atoms with van der Waals surface area (Å²) >= 11 is 0. The molecule has 0 spiro atoms. The summed E-state index contributed by atoms with van der Waals surface area (Å²) in [5.41, 5.74) is 3.00. The van der Waals surface area contributed by atoms with Crippen LogP contribution in [-0.2, 0) is 17.8 Å². The van der Waals surface area contributed by atoms with Gasteiger partial charge in [0.1, 0.15) is 11.9 Å². The quantitative estimate of drug-likeness (QED) is 0.893. The molecule has 138 valence electrons. The van der Waals surface area contributed by atoms with Gasteiger partial charge < -0.3 is 10.0 Å². The van der Waals surface area contributed by atoms with Gasteiger partial charge in [-0.2, -0.15) is 5.26 Å². The van der Waals surface area contributed by atoms with Crippen LogP contribution in [0.15, 0.2) is 24.3 Å². The molecule has 1 aliphatic heterocycles. The number of fused-ring (bicyclic) bond motifs is 1. The minimum atomic E-state index is -0.883. The van der Waals surface area contributed by atoms with E-state index in [0.29, 0.717) is 42.7 Å². The predicted molar refractivity (Wildman–Crippen MR) is 95.5 cm³/mol. The second-order valence-electron chi connectivity index (χ2n) is 7.32. The van der Waals surface area contributed by atoms with Crippen molar-refractivity contribution in [2.24, 2.45) is 5.92 Å². The molecule has 2 atom stereocenters. The Morgan fingerprint density at radius 1 is 1.30 bits per heavy atom. The molecule has 6 heteroatoms. The van der Waals surface area contributed by atoms with Crippen molar-refractivity contribution >= 4 is 11.7 Å². The van der Waals surface area contributed by atoms with Gasteiger partial charge in [-0.15, -0.1) is 0 Å². The lowest BCUT2D eigenvalue weighted by Crippen LogP contribution is -2.32. The highest BCUT2D eigenvalue weighted by molar-refractivity contribution is 5.75. The number of anilines is 1. The van der Waals surface area contributed by atoms with E-state index in [-0.39, 0.29) is 17.3 Å². The molecule has 0 unspecified atom stereocenters. The van der Waals surface area contributed by atoms with Gasteiger partial charge in [0.25, 0.3) is 0 Å². The molecule has 1 aliphatic carbocycles. The maximum Gasteiger partial charge on any atom is 0.307 e. The Hall–Kier alpha value is -2.94. The number of hydrogen-bond acceptors (Lipinski definition) is 3. The average Bonchev–Trinajstić information content (AvgIpc) is 3.44. The van der Waals surface area contributed by atoms with Crippen molar-refractivity contribution in [3.8, 4) is 6.07 Å². The highest BCUT2D eigenvalue weighted by Crippen LogP contribution is 2.49. The Morgan fingerprint density at radius 2 is 2.07 bits per heavy atom. The number of hydrogen-bond donors (Lipinski definition) is 1. The van der Waals surface area contributed by atoms with Gasteiger partial charge in [0.05, 0.1) is 17.2 Å². The van der Waals surface area contributed by atoms with Crippen molar-refractivity contribution in [1.82, 2.24) is 0 Å². The van der Waals surface area contributed by atoms with Crippen LogP contribution in [0, 0.1) is 35.8 Å². The zero-order valence-corrected chi connectivity index (χ0v) is 14.8. The smallest absolute Gasteiger partial charge is 0.307 e. The van der Waals surface area contributed by atoms with Crippen LogP contribution in [0.3, 0.4) is 0 Å². The molecule has 4 nitrogen and oxygen atoms in total. The number of carbonyl (C=O) groups is 1. The molecular weight excluding hydrogens is 350 g/mol. The van der Waals surface area contributed by atoms with Gasteiger partial charge in [-0.1, -0.05) is 12.1 Å². The summed E-state index contributed by atoms with van der Waals surface area (Å²) in [6.45, 7) is 2.60. The average molecular weight is 368 g/mol. The molecule has 0 bridgehead atoms. The highest BCUT2D eigenvalue weighted by atomic mass is 19.1. The standard InChI is InChI=1S/C21H18F2N2O2/c1-11-6-13(9-24)19(22)18(7-11)25-5-4-14-12(10-25)2-3-15(20(14)23)16-8-17(16)21(26)27/h2-3,6-7,16-17H,4-5,8,10H2,1H3,(H,26,27)/t16-,17+/m1/s1. The van der Waals surface area contributed by atoms with Crippen molar-refractivity contribution in [1.29, 1.82) is 5.26 Å². The van der Waals surface area contributed by atoms with E-state index in [1.54, 1.807) is 12.1 Å². The fourth-order valence-corrected chi connectivity index (χ4v) is 3.99. The van der Waals surface area contributed by atoms with Crippen molar-refractivity contribution in [2.45, 2.75) is 32.2 Å². The number of benzene rings is 2. The maximum atomic E-state index is 14.9. The maximum absolute atomic E-state index is 14.9. The van der Waals surface area contributed by atoms with Crippen LogP contribution in [0.5, 0.6) is 0 Å². The van der Waals surface area contributed by atoms with Crippen LogP contribution in [0.2, 0.25) is 0 Å². The van der Waals surface area contributed by atoms with Crippen LogP contribution >= 0.6 is 0 Å². The van der Waals surface area contributed by atoms with Gasteiger partial charge in [0.15, 0.2) is 5.82 Å². The normalized spacial score (nSPS) is 20.7. The Balaban J connectivity index is 1.64. The van der Waals surface area contributed by atoms with Gasteiger partial charge in [-0.3, -0.25) is 4.79 Å².